The maximum absolute atomic E-state index is 10.6. The average Bonchev–Trinajstić information content (AvgIpc) is 2.59. The van der Waals surface area contributed by atoms with Crippen molar-refractivity contribution in [3.05, 3.63) is 34.9 Å². The molecule has 0 bridgehead atoms. The lowest BCUT2D eigenvalue weighted by molar-refractivity contribution is 0.411. The quantitative estimate of drug-likeness (QED) is 0.375. The van der Waals surface area contributed by atoms with Crippen molar-refractivity contribution in [1.29, 1.82) is 0 Å². The minimum atomic E-state index is -0.0282. The van der Waals surface area contributed by atoms with E-state index in [4.69, 9.17) is 0 Å². The third-order valence-electron chi connectivity index (χ3n) is 5.52. The van der Waals surface area contributed by atoms with Gasteiger partial charge in [-0.2, -0.15) is 0 Å². The number of hydrogen-bond acceptors (Lipinski definition) is 2. The highest BCUT2D eigenvalue weighted by Crippen LogP contribution is 2.43. The minimum absolute atomic E-state index is 0.0282. The molecule has 0 heterocycles. The average molecular weight is 375 g/mol. The van der Waals surface area contributed by atoms with Crippen LogP contribution < -0.4 is 0 Å². The van der Waals surface area contributed by atoms with Crippen LogP contribution in [0.5, 0.6) is 11.5 Å². The number of unbranched alkanes of at least 4 members (excludes halogenated alkanes) is 3. The fraction of sp³-hybridized carbons (Fsp3) is 0.680. The number of phenols is 2. The molecule has 0 saturated heterocycles. The molecule has 1 atom stereocenters. The van der Waals surface area contributed by atoms with Crippen molar-refractivity contribution in [3.8, 4) is 11.5 Å². The Balaban J connectivity index is 0.00000114. The van der Waals surface area contributed by atoms with Gasteiger partial charge in [0.1, 0.15) is 11.5 Å². The molecule has 0 saturated carbocycles. The van der Waals surface area contributed by atoms with Gasteiger partial charge in [0.15, 0.2) is 0 Å². The van der Waals surface area contributed by atoms with E-state index in [9.17, 15) is 10.2 Å². The van der Waals surface area contributed by atoms with Crippen LogP contribution >= 0.6 is 0 Å². The Bertz CT molecular complexity index is 575. The van der Waals surface area contributed by atoms with Gasteiger partial charge >= 0.3 is 0 Å². The molecule has 0 radical (unpaired) electrons. The molecule has 27 heavy (non-hydrogen) atoms. The highest BCUT2D eigenvalue weighted by Gasteiger charge is 2.26. The van der Waals surface area contributed by atoms with Crippen LogP contribution in [0.25, 0.3) is 0 Å². The van der Waals surface area contributed by atoms with Crippen molar-refractivity contribution in [2.24, 2.45) is 0 Å². The van der Waals surface area contributed by atoms with E-state index in [0.29, 0.717) is 5.56 Å². The molecule has 2 heteroatoms. The molecule has 0 amide bonds. The fourth-order valence-corrected chi connectivity index (χ4v) is 3.87. The lowest BCUT2D eigenvalue weighted by Gasteiger charge is -2.28. The molecule has 0 spiro atoms. The van der Waals surface area contributed by atoms with Gasteiger partial charge in [-0.15, -0.1) is 0 Å². The first-order valence-corrected chi connectivity index (χ1v) is 11.0. The zero-order chi connectivity index (χ0) is 20.4. The van der Waals surface area contributed by atoms with E-state index in [1.54, 1.807) is 0 Å². The Morgan fingerprint density at radius 1 is 1.00 bits per heavy atom. The van der Waals surface area contributed by atoms with Crippen LogP contribution in [0.1, 0.15) is 116 Å². The molecule has 0 aliphatic heterocycles. The largest absolute Gasteiger partial charge is 0.507 e. The monoisotopic (exact) mass is 374 g/mol. The van der Waals surface area contributed by atoms with Gasteiger partial charge < -0.3 is 10.2 Å². The van der Waals surface area contributed by atoms with Crippen LogP contribution in [0.3, 0.4) is 0 Å². The molecule has 0 fully saturated rings. The molecule has 1 aromatic rings. The van der Waals surface area contributed by atoms with E-state index < -0.39 is 0 Å². The summed E-state index contributed by atoms with van der Waals surface area (Å²) in [5.74, 6) is 0.644. The standard InChI is InChI=1S/C22H34O2.C3H8/c1-5-6-7-8-12-22(3,4)18-14-19(23)21(20(24)15-18)17-11-9-10-16(2)13-17;1-3-2/h13-15,17,23-24H,5-12H2,1-4H3;3H2,1-2H3. The third kappa shape index (κ3) is 7.24. The molecule has 2 N–H and O–H groups in total. The van der Waals surface area contributed by atoms with Gasteiger partial charge in [-0.25, -0.2) is 0 Å². The molecule has 2 nitrogen and oxygen atoms in total. The van der Waals surface area contributed by atoms with E-state index in [1.165, 1.54) is 37.7 Å². The van der Waals surface area contributed by atoms with Gasteiger partial charge in [0.05, 0.1) is 0 Å². The summed E-state index contributed by atoms with van der Waals surface area (Å²) in [6, 6.07) is 3.76. The Morgan fingerprint density at radius 3 is 2.11 bits per heavy atom. The summed E-state index contributed by atoms with van der Waals surface area (Å²) in [6.07, 6.45) is 12.7. The minimum Gasteiger partial charge on any atom is -0.507 e. The second-order valence-electron chi connectivity index (χ2n) is 8.84. The SMILES string of the molecule is CCC.CCCCCCC(C)(C)c1cc(O)c(C2C=C(C)CCC2)c(O)c1. The summed E-state index contributed by atoms with van der Waals surface area (Å²) in [4.78, 5) is 0. The number of phenolic OH excluding ortho intramolecular Hbond substituents is 2. The highest BCUT2D eigenvalue weighted by atomic mass is 16.3. The summed E-state index contributed by atoms with van der Waals surface area (Å²) in [7, 11) is 0. The van der Waals surface area contributed by atoms with Gasteiger partial charge in [0.2, 0.25) is 0 Å². The van der Waals surface area contributed by atoms with Crippen LogP contribution in [-0.4, -0.2) is 10.2 Å². The first-order valence-electron chi connectivity index (χ1n) is 11.0. The topological polar surface area (TPSA) is 40.5 Å². The van der Waals surface area contributed by atoms with Crippen molar-refractivity contribution >= 4 is 0 Å². The van der Waals surface area contributed by atoms with Crippen molar-refractivity contribution < 1.29 is 10.2 Å². The smallest absolute Gasteiger partial charge is 0.123 e. The van der Waals surface area contributed by atoms with E-state index in [-0.39, 0.29) is 22.8 Å². The van der Waals surface area contributed by atoms with Crippen molar-refractivity contribution in [2.75, 3.05) is 0 Å². The van der Waals surface area contributed by atoms with Crippen LogP contribution in [0.15, 0.2) is 23.8 Å². The third-order valence-corrected chi connectivity index (χ3v) is 5.52. The maximum atomic E-state index is 10.6. The summed E-state index contributed by atoms with van der Waals surface area (Å²) < 4.78 is 0. The summed E-state index contributed by atoms with van der Waals surface area (Å²) in [5.41, 5.74) is 3.07. The number of hydrogen-bond donors (Lipinski definition) is 2. The van der Waals surface area contributed by atoms with E-state index in [1.807, 2.05) is 12.1 Å². The van der Waals surface area contributed by atoms with Crippen molar-refractivity contribution in [3.63, 3.8) is 0 Å². The lowest BCUT2D eigenvalue weighted by atomic mass is 9.78. The molecule has 154 valence electrons. The maximum Gasteiger partial charge on any atom is 0.123 e. The normalized spacial score (nSPS) is 17.1. The zero-order valence-corrected chi connectivity index (χ0v) is 18.6. The van der Waals surface area contributed by atoms with Gasteiger partial charge in [0, 0.05) is 11.5 Å². The first kappa shape index (κ1) is 23.6. The predicted molar refractivity (Wildman–Crippen MR) is 118 cm³/mol. The Morgan fingerprint density at radius 2 is 1.59 bits per heavy atom. The second-order valence-corrected chi connectivity index (χ2v) is 8.84. The van der Waals surface area contributed by atoms with E-state index in [0.717, 1.165) is 31.2 Å². The molecule has 1 unspecified atom stereocenters. The summed E-state index contributed by atoms with van der Waals surface area (Å²) in [5, 5.41) is 21.2. The molecule has 2 rings (SSSR count). The summed E-state index contributed by atoms with van der Waals surface area (Å²) >= 11 is 0. The van der Waals surface area contributed by atoms with Gasteiger partial charge in [-0.1, -0.05) is 78.4 Å². The van der Waals surface area contributed by atoms with Crippen LogP contribution in [0.2, 0.25) is 0 Å². The molecule has 1 aliphatic rings. The van der Waals surface area contributed by atoms with Gasteiger partial charge in [-0.05, 0) is 55.7 Å². The Hall–Kier alpha value is -1.44. The number of rotatable bonds is 7. The zero-order valence-electron chi connectivity index (χ0n) is 18.6. The Labute approximate surface area is 167 Å². The summed E-state index contributed by atoms with van der Waals surface area (Å²) in [6.45, 7) is 13.0. The molecule has 1 aromatic carbocycles. The number of allylic oxidation sites excluding steroid dienone is 2. The van der Waals surface area contributed by atoms with Crippen LogP contribution in [-0.2, 0) is 5.41 Å². The Kier molecular flexibility index (Phi) is 9.98. The van der Waals surface area contributed by atoms with E-state index in [2.05, 4.69) is 47.6 Å². The van der Waals surface area contributed by atoms with Crippen molar-refractivity contribution in [1.82, 2.24) is 0 Å². The van der Waals surface area contributed by atoms with Gasteiger partial charge in [-0.3, -0.25) is 0 Å². The highest BCUT2D eigenvalue weighted by molar-refractivity contribution is 5.52. The number of benzene rings is 1. The lowest BCUT2D eigenvalue weighted by Crippen LogP contribution is -2.17. The predicted octanol–water partition coefficient (Wildman–Crippen LogP) is 7.98. The van der Waals surface area contributed by atoms with Gasteiger partial charge in [0.25, 0.3) is 0 Å². The van der Waals surface area contributed by atoms with Crippen LogP contribution in [0.4, 0.5) is 0 Å². The second kappa shape index (κ2) is 11.4. The first-order chi connectivity index (χ1) is 12.8. The molecule has 0 aromatic heterocycles. The molecular weight excluding hydrogens is 332 g/mol. The molecule has 1 aliphatic carbocycles. The molecular formula is C25H42O2. The number of aromatic hydroxyl groups is 2. The van der Waals surface area contributed by atoms with Crippen molar-refractivity contribution in [2.45, 2.75) is 111 Å². The van der Waals surface area contributed by atoms with Crippen LogP contribution in [0, 0.1) is 0 Å². The fourth-order valence-electron chi connectivity index (χ4n) is 3.87. The van der Waals surface area contributed by atoms with E-state index >= 15 is 0 Å².